The van der Waals surface area contributed by atoms with E-state index in [1.807, 2.05) is 6.92 Å². The third-order valence-corrected chi connectivity index (χ3v) is 4.55. The number of halogens is 1. The summed E-state index contributed by atoms with van der Waals surface area (Å²) >= 11 is 0. The summed E-state index contributed by atoms with van der Waals surface area (Å²) < 4.78 is 12.7. The number of carbonyl (C=O) groups is 2. The first-order valence-electron chi connectivity index (χ1n) is 6.71. The van der Waals surface area contributed by atoms with Crippen LogP contribution in [0.25, 0.3) is 0 Å². The summed E-state index contributed by atoms with van der Waals surface area (Å²) in [6, 6.07) is 0. The third-order valence-electron chi connectivity index (χ3n) is 4.55. The van der Waals surface area contributed by atoms with Gasteiger partial charge in [-0.1, -0.05) is 19.8 Å². The molecule has 102 valence electrons. The lowest BCUT2D eigenvalue weighted by atomic mass is 9.83. The van der Waals surface area contributed by atoms with Crippen molar-refractivity contribution < 1.29 is 14.0 Å². The maximum Gasteiger partial charge on any atom is 0.249 e. The average molecular weight is 256 g/mol. The lowest BCUT2D eigenvalue weighted by Gasteiger charge is -2.49. The van der Waals surface area contributed by atoms with Gasteiger partial charge in [-0.05, 0) is 26.2 Å². The van der Waals surface area contributed by atoms with E-state index in [1.54, 1.807) is 6.92 Å². The van der Waals surface area contributed by atoms with Gasteiger partial charge in [0, 0.05) is 0 Å². The van der Waals surface area contributed by atoms with E-state index in [2.05, 4.69) is 5.32 Å². The Hall–Kier alpha value is -1.13. The van der Waals surface area contributed by atoms with Crippen LogP contribution in [-0.4, -0.2) is 41.0 Å². The van der Waals surface area contributed by atoms with Gasteiger partial charge in [0.15, 0.2) is 0 Å². The van der Waals surface area contributed by atoms with Crippen molar-refractivity contribution in [2.45, 2.75) is 57.0 Å². The molecule has 0 bridgehead atoms. The summed E-state index contributed by atoms with van der Waals surface area (Å²) in [4.78, 5) is 26.4. The number of rotatable bonds is 3. The van der Waals surface area contributed by atoms with E-state index >= 15 is 0 Å². The highest BCUT2D eigenvalue weighted by molar-refractivity contribution is 6.02. The van der Waals surface area contributed by atoms with Gasteiger partial charge < -0.3 is 10.2 Å². The largest absolute Gasteiger partial charge is 0.340 e. The number of nitrogens with one attached hydrogen (secondary N) is 1. The van der Waals surface area contributed by atoms with Gasteiger partial charge in [-0.3, -0.25) is 9.59 Å². The van der Waals surface area contributed by atoms with Crippen LogP contribution in [0.1, 0.15) is 46.0 Å². The first-order valence-corrected chi connectivity index (χ1v) is 6.71. The van der Waals surface area contributed by atoms with E-state index in [1.165, 1.54) is 4.90 Å². The van der Waals surface area contributed by atoms with Crippen molar-refractivity contribution in [2.75, 3.05) is 13.2 Å². The van der Waals surface area contributed by atoms with Crippen molar-refractivity contribution in [3.05, 3.63) is 0 Å². The fourth-order valence-electron chi connectivity index (χ4n) is 3.11. The molecule has 2 fully saturated rings. The first-order chi connectivity index (χ1) is 8.50. The van der Waals surface area contributed by atoms with Gasteiger partial charge in [-0.25, -0.2) is 4.39 Å². The number of carbonyl (C=O) groups excluding carboxylic acids is 2. The zero-order chi connectivity index (χ0) is 13.4. The molecule has 0 aromatic carbocycles. The van der Waals surface area contributed by atoms with Crippen LogP contribution in [0.15, 0.2) is 0 Å². The molecule has 1 N–H and O–H groups in total. The molecular weight excluding hydrogens is 235 g/mol. The maximum absolute atomic E-state index is 12.7. The second-order valence-corrected chi connectivity index (χ2v) is 5.52. The van der Waals surface area contributed by atoms with Crippen molar-refractivity contribution in [1.82, 2.24) is 10.2 Å². The summed E-state index contributed by atoms with van der Waals surface area (Å²) in [6.07, 6.45) is 3.75. The van der Waals surface area contributed by atoms with E-state index < -0.39 is 17.8 Å². The minimum Gasteiger partial charge on any atom is -0.340 e. The zero-order valence-electron chi connectivity index (χ0n) is 11.1. The second-order valence-electron chi connectivity index (χ2n) is 5.52. The Bertz CT molecular complexity index is 366. The molecule has 1 heterocycles. The maximum atomic E-state index is 12.7. The molecular formula is C13H21FN2O2. The van der Waals surface area contributed by atoms with Crippen LogP contribution in [0.5, 0.6) is 0 Å². The summed E-state index contributed by atoms with van der Waals surface area (Å²) in [6.45, 7) is 2.98. The van der Waals surface area contributed by atoms with Crippen LogP contribution in [0.2, 0.25) is 0 Å². The summed E-state index contributed by atoms with van der Waals surface area (Å²) in [7, 11) is 0. The Morgan fingerprint density at radius 2 is 1.94 bits per heavy atom. The fourth-order valence-corrected chi connectivity index (χ4v) is 3.11. The molecule has 0 aromatic heterocycles. The number of nitrogens with zero attached hydrogens (tertiary/aromatic N) is 1. The van der Waals surface area contributed by atoms with Crippen molar-refractivity contribution in [1.29, 1.82) is 0 Å². The zero-order valence-corrected chi connectivity index (χ0v) is 11.1. The Kier molecular flexibility index (Phi) is 3.34. The second kappa shape index (κ2) is 4.52. The first kappa shape index (κ1) is 13.3. The van der Waals surface area contributed by atoms with Crippen LogP contribution < -0.4 is 5.32 Å². The van der Waals surface area contributed by atoms with Crippen molar-refractivity contribution in [3.63, 3.8) is 0 Å². The SMILES string of the molecule is CCC1(C)C(=O)NC2(CCCC2)C(=O)N1CCF. The molecule has 1 saturated carbocycles. The molecule has 18 heavy (non-hydrogen) atoms. The monoisotopic (exact) mass is 256 g/mol. The summed E-state index contributed by atoms with van der Waals surface area (Å²) in [5.41, 5.74) is -1.65. The van der Waals surface area contributed by atoms with E-state index in [-0.39, 0.29) is 18.4 Å². The molecule has 2 amide bonds. The highest BCUT2D eigenvalue weighted by atomic mass is 19.1. The molecule has 5 heteroatoms. The van der Waals surface area contributed by atoms with Gasteiger partial charge in [-0.15, -0.1) is 0 Å². The number of amides is 2. The third kappa shape index (κ3) is 1.71. The predicted molar refractivity (Wildman–Crippen MR) is 65.7 cm³/mol. The molecule has 2 aliphatic rings. The van der Waals surface area contributed by atoms with Gasteiger partial charge >= 0.3 is 0 Å². The van der Waals surface area contributed by atoms with Crippen LogP contribution in [-0.2, 0) is 9.59 Å². The Morgan fingerprint density at radius 1 is 1.33 bits per heavy atom. The minimum atomic E-state index is -0.906. The number of piperazine rings is 1. The molecule has 1 spiro atoms. The van der Waals surface area contributed by atoms with Crippen molar-refractivity contribution >= 4 is 11.8 Å². The van der Waals surface area contributed by atoms with Gasteiger partial charge in [0.1, 0.15) is 17.8 Å². The smallest absolute Gasteiger partial charge is 0.249 e. The molecule has 1 saturated heterocycles. The quantitative estimate of drug-likeness (QED) is 0.829. The van der Waals surface area contributed by atoms with Crippen molar-refractivity contribution in [2.24, 2.45) is 0 Å². The molecule has 1 aliphatic carbocycles. The van der Waals surface area contributed by atoms with E-state index in [4.69, 9.17) is 0 Å². The van der Waals surface area contributed by atoms with Gasteiger partial charge in [0.25, 0.3) is 0 Å². The molecule has 1 atom stereocenters. The standard InChI is InChI=1S/C13H21FN2O2/c1-3-12(2)10(17)15-13(6-4-5-7-13)11(18)16(12)9-8-14/h3-9H2,1-2H3,(H,15,17). The summed E-state index contributed by atoms with van der Waals surface area (Å²) in [5, 5.41) is 2.92. The average Bonchev–Trinajstić information content (AvgIpc) is 2.82. The van der Waals surface area contributed by atoms with E-state index in [9.17, 15) is 14.0 Å². The van der Waals surface area contributed by atoms with Gasteiger partial charge in [0.05, 0.1) is 6.54 Å². The topological polar surface area (TPSA) is 49.4 Å². The predicted octanol–water partition coefficient (Wildman–Crippen LogP) is 1.40. The van der Waals surface area contributed by atoms with Crippen LogP contribution in [0.4, 0.5) is 4.39 Å². The van der Waals surface area contributed by atoms with Gasteiger partial charge in [0.2, 0.25) is 11.8 Å². The molecule has 2 rings (SSSR count). The Balaban J connectivity index is 2.35. The fraction of sp³-hybridized carbons (Fsp3) is 0.846. The highest BCUT2D eigenvalue weighted by Gasteiger charge is 2.56. The molecule has 1 aliphatic heterocycles. The van der Waals surface area contributed by atoms with E-state index in [0.29, 0.717) is 19.3 Å². The molecule has 0 aromatic rings. The molecule has 0 radical (unpaired) electrons. The van der Waals surface area contributed by atoms with E-state index in [0.717, 1.165) is 12.8 Å². The molecule has 1 unspecified atom stereocenters. The lowest BCUT2D eigenvalue weighted by Crippen LogP contribution is -2.74. The highest BCUT2D eigenvalue weighted by Crippen LogP contribution is 2.38. The number of hydrogen-bond donors (Lipinski definition) is 1. The normalized spacial score (nSPS) is 30.9. The number of alkyl halides is 1. The van der Waals surface area contributed by atoms with Crippen LogP contribution in [0.3, 0.4) is 0 Å². The number of hydrogen-bond acceptors (Lipinski definition) is 2. The Labute approximate surface area is 107 Å². The van der Waals surface area contributed by atoms with Crippen LogP contribution >= 0.6 is 0 Å². The van der Waals surface area contributed by atoms with Crippen LogP contribution in [0, 0.1) is 0 Å². The lowest BCUT2D eigenvalue weighted by molar-refractivity contribution is -0.162. The molecule has 4 nitrogen and oxygen atoms in total. The van der Waals surface area contributed by atoms with Crippen molar-refractivity contribution in [3.8, 4) is 0 Å². The van der Waals surface area contributed by atoms with Gasteiger partial charge in [-0.2, -0.15) is 0 Å². The Morgan fingerprint density at radius 3 is 2.44 bits per heavy atom. The minimum absolute atomic E-state index is 0.0122. The summed E-state index contributed by atoms with van der Waals surface area (Å²) in [5.74, 6) is -0.235.